The van der Waals surface area contributed by atoms with Gasteiger partial charge in [-0.2, -0.15) is 5.10 Å². The second-order valence-corrected chi connectivity index (χ2v) is 5.83. The minimum absolute atomic E-state index is 0.0741. The van der Waals surface area contributed by atoms with Crippen LogP contribution in [0.3, 0.4) is 0 Å². The van der Waals surface area contributed by atoms with Crippen LogP contribution in [0.4, 0.5) is 0 Å². The fourth-order valence-corrected chi connectivity index (χ4v) is 2.86. The zero-order valence-electron chi connectivity index (χ0n) is 12.5. The molecule has 0 aromatic carbocycles. The van der Waals surface area contributed by atoms with E-state index in [0.717, 1.165) is 43.7 Å². The Balaban J connectivity index is 1.77. The Bertz CT molecular complexity index is 496. The van der Waals surface area contributed by atoms with Crippen LogP contribution in [0.25, 0.3) is 0 Å². The van der Waals surface area contributed by atoms with Crippen molar-refractivity contribution in [1.82, 2.24) is 14.7 Å². The van der Waals surface area contributed by atoms with Gasteiger partial charge in [-0.3, -0.25) is 14.4 Å². The Morgan fingerprint density at radius 1 is 1.48 bits per heavy atom. The molecule has 1 aromatic rings. The fourth-order valence-electron chi connectivity index (χ4n) is 2.62. The molecule has 7 heteroatoms. The van der Waals surface area contributed by atoms with Gasteiger partial charge in [-0.15, -0.1) is 0 Å². The lowest BCUT2D eigenvalue weighted by molar-refractivity contribution is -0.138. The molecule has 1 N–H and O–H groups in total. The van der Waals surface area contributed by atoms with Gasteiger partial charge in [-0.25, -0.2) is 0 Å². The quantitative estimate of drug-likeness (QED) is 0.867. The zero-order chi connectivity index (χ0) is 15.4. The Morgan fingerprint density at radius 3 is 2.67 bits per heavy atom. The summed E-state index contributed by atoms with van der Waals surface area (Å²) in [6.07, 6.45) is 2.10. The average Bonchev–Trinajstić information content (AvgIpc) is 2.67. The van der Waals surface area contributed by atoms with Crippen LogP contribution in [-0.4, -0.2) is 51.6 Å². The highest BCUT2D eigenvalue weighted by atomic mass is 35.5. The molecule has 0 aliphatic carbocycles. The van der Waals surface area contributed by atoms with E-state index in [1.165, 1.54) is 0 Å². The van der Waals surface area contributed by atoms with Gasteiger partial charge in [0.05, 0.1) is 24.8 Å². The number of likely N-dealkylation sites (tertiary alicyclic amines) is 1. The average molecular weight is 316 g/mol. The minimum atomic E-state index is -0.811. The van der Waals surface area contributed by atoms with Crippen molar-refractivity contribution in [1.29, 1.82) is 0 Å². The number of halogens is 1. The Hall–Kier alpha value is -1.11. The van der Waals surface area contributed by atoms with Gasteiger partial charge in [0.2, 0.25) is 0 Å². The topological polar surface area (TPSA) is 67.6 Å². The summed E-state index contributed by atoms with van der Waals surface area (Å²) < 4.78 is 7.30. The molecule has 0 spiro atoms. The molecule has 0 saturated carbocycles. The number of ether oxygens (including phenoxy) is 1. The lowest BCUT2D eigenvalue weighted by Crippen LogP contribution is -2.37. The maximum atomic E-state index is 10.5. The fraction of sp³-hybridized carbons (Fsp3) is 0.714. The molecule has 118 valence electrons. The Morgan fingerprint density at radius 2 is 2.14 bits per heavy atom. The summed E-state index contributed by atoms with van der Waals surface area (Å²) in [4.78, 5) is 12.8. The molecule has 0 amide bonds. The molecule has 1 saturated heterocycles. The first-order valence-corrected chi connectivity index (χ1v) is 7.59. The van der Waals surface area contributed by atoms with Crippen molar-refractivity contribution in [3.05, 3.63) is 16.4 Å². The van der Waals surface area contributed by atoms with Crippen LogP contribution in [0.5, 0.6) is 0 Å². The second-order valence-electron chi connectivity index (χ2n) is 5.47. The van der Waals surface area contributed by atoms with Gasteiger partial charge in [0.15, 0.2) is 0 Å². The monoisotopic (exact) mass is 315 g/mol. The molecule has 2 heterocycles. The minimum Gasteiger partial charge on any atom is -0.481 e. The summed E-state index contributed by atoms with van der Waals surface area (Å²) in [7, 11) is 1.85. The largest absolute Gasteiger partial charge is 0.481 e. The van der Waals surface area contributed by atoms with Crippen LogP contribution >= 0.6 is 11.6 Å². The third kappa shape index (κ3) is 4.43. The Labute approximate surface area is 129 Å². The number of carboxylic acid groups (broad SMARTS) is 1. The zero-order valence-corrected chi connectivity index (χ0v) is 13.3. The number of rotatable bonds is 6. The highest BCUT2D eigenvalue weighted by Gasteiger charge is 2.22. The number of aryl methyl sites for hydroxylation is 2. The first-order valence-electron chi connectivity index (χ1n) is 7.21. The molecule has 0 bridgehead atoms. The number of aliphatic carboxylic acids is 1. The number of aromatic nitrogens is 2. The van der Waals surface area contributed by atoms with Gasteiger partial charge in [0.25, 0.3) is 0 Å². The predicted octanol–water partition coefficient (Wildman–Crippen LogP) is 1.84. The second kappa shape index (κ2) is 7.24. The van der Waals surface area contributed by atoms with Crippen molar-refractivity contribution in [2.75, 3.05) is 19.7 Å². The first kappa shape index (κ1) is 16.3. The number of hydrogen-bond acceptors (Lipinski definition) is 4. The van der Waals surface area contributed by atoms with Gasteiger partial charge >= 0.3 is 5.97 Å². The molecule has 1 aromatic heterocycles. The molecule has 6 nitrogen and oxygen atoms in total. The van der Waals surface area contributed by atoms with Gasteiger partial charge in [0, 0.05) is 32.2 Å². The van der Waals surface area contributed by atoms with Crippen LogP contribution in [-0.2, 0) is 23.1 Å². The third-order valence-electron chi connectivity index (χ3n) is 3.86. The van der Waals surface area contributed by atoms with Crippen molar-refractivity contribution in [3.63, 3.8) is 0 Å². The van der Waals surface area contributed by atoms with E-state index in [0.29, 0.717) is 11.8 Å². The van der Waals surface area contributed by atoms with Crippen molar-refractivity contribution in [3.8, 4) is 0 Å². The van der Waals surface area contributed by atoms with E-state index in [4.69, 9.17) is 21.4 Å². The number of carboxylic acids is 1. The lowest BCUT2D eigenvalue weighted by atomic mass is 10.1. The maximum absolute atomic E-state index is 10.5. The van der Waals surface area contributed by atoms with E-state index in [1.54, 1.807) is 4.68 Å². The van der Waals surface area contributed by atoms with E-state index in [9.17, 15) is 4.79 Å². The summed E-state index contributed by atoms with van der Waals surface area (Å²) in [5, 5.41) is 13.6. The van der Waals surface area contributed by atoms with Crippen molar-refractivity contribution < 1.29 is 14.6 Å². The molecule has 1 aliphatic rings. The number of nitrogens with zero attached hydrogens (tertiary/aromatic N) is 3. The van der Waals surface area contributed by atoms with Crippen molar-refractivity contribution >= 4 is 17.6 Å². The summed E-state index contributed by atoms with van der Waals surface area (Å²) in [6, 6.07) is 0. The molecule has 1 fully saturated rings. The standard InChI is InChI=1S/C14H22ClN3O3/c1-10-12(14(15)17(2)16-10)9-18-6-3-11(4-7-18)21-8-5-13(19)20/h11H,3-9H2,1-2H3,(H,19,20). The molecule has 0 atom stereocenters. The van der Waals surface area contributed by atoms with Crippen LogP contribution in [0.2, 0.25) is 5.15 Å². The first-order chi connectivity index (χ1) is 9.97. The number of piperidine rings is 1. The smallest absolute Gasteiger partial charge is 0.305 e. The van der Waals surface area contributed by atoms with E-state index < -0.39 is 5.97 Å². The number of hydrogen-bond donors (Lipinski definition) is 1. The molecular weight excluding hydrogens is 294 g/mol. The van der Waals surface area contributed by atoms with Crippen LogP contribution in [0.1, 0.15) is 30.5 Å². The summed E-state index contributed by atoms with van der Waals surface area (Å²) >= 11 is 6.25. The van der Waals surface area contributed by atoms with Crippen molar-refractivity contribution in [2.45, 2.75) is 38.8 Å². The highest BCUT2D eigenvalue weighted by Crippen LogP contribution is 2.23. The van der Waals surface area contributed by atoms with E-state index in [1.807, 2.05) is 14.0 Å². The maximum Gasteiger partial charge on any atom is 0.305 e. The predicted molar refractivity (Wildman–Crippen MR) is 79.5 cm³/mol. The third-order valence-corrected chi connectivity index (χ3v) is 4.33. The van der Waals surface area contributed by atoms with Gasteiger partial charge in [-0.1, -0.05) is 11.6 Å². The van der Waals surface area contributed by atoms with E-state index in [-0.39, 0.29) is 12.5 Å². The molecule has 1 aliphatic heterocycles. The summed E-state index contributed by atoms with van der Waals surface area (Å²) in [6.45, 7) is 4.95. The SMILES string of the molecule is Cc1nn(C)c(Cl)c1CN1CCC(OCCC(=O)O)CC1. The molecular formula is C14H22ClN3O3. The van der Waals surface area contributed by atoms with Gasteiger partial charge < -0.3 is 9.84 Å². The van der Waals surface area contributed by atoms with E-state index >= 15 is 0 Å². The van der Waals surface area contributed by atoms with Crippen molar-refractivity contribution in [2.24, 2.45) is 7.05 Å². The van der Waals surface area contributed by atoms with Crippen LogP contribution in [0.15, 0.2) is 0 Å². The molecule has 2 rings (SSSR count). The normalized spacial score (nSPS) is 17.3. The van der Waals surface area contributed by atoms with E-state index in [2.05, 4.69) is 10.00 Å². The van der Waals surface area contributed by atoms with Gasteiger partial charge in [-0.05, 0) is 19.8 Å². The summed E-state index contributed by atoms with van der Waals surface area (Å²) in [5.41, 5.74) is 2.06. The van der Waals surface area contributed by atoms with Crippen LogP contribution in [0, 0.1) is 6.92 Å². The van der Waals surface area contributed by atoms with Crippen LogP contribution < -0.4 is 0 Å². The highest BCUT2D eigenvalue weighted by molar-refractivity contribution is 6.30. The summed E-state index contributed by atoms with van der Waals surface area (Å²) in [5.74, 6) is -0.811. The molecule has 0 unspecified atom stereocenters. The molecule has 0 radical (unpaired) electrons. The lowest BCUT2D eigenvalue weighted by Gasteiger charge is -2.31. The Kier molecular flexibility index (Phi) is 5.61. The van der Waals surface area contributed by atoms with Gasteiger partial charge in [0.1, 0.15) is 5.15 Å². The number of carbonyl (C=O) groups is 1. The molecule has 21 heavy (non-hydrogen) atoms.